The summed E-state index contributed by atoms with van der Waals surface area (Å²) in [6, 6.07) is 15.9. The maximum absolute atomic E-state index is 12.8. The monoisotopic (exact) mass is 409 g/mol. The smallest absolute Gasteiger partial charge is 0.237 e. The first-order chi connectivity index (χ1) is 14.2. The Balaban J connectivity index is 1.37. The molecular formula is C22H23N3O3S. The first-order valence-electron chi connectivity index (χ1n) is 9.70. The molecular weight excluding hydrogens is 386 g/mol. The molecule has 0 saturated carbocycles. The van der Waals surface area contributed by atoms with Gasteiger partial charge >= 0.3 is 0 Å². The van der Waals surface area contributed by atoms with Gasteiger partial charge in [0.25, 0.3) is 0 Å². The van der Waals surface area contributed by atoms with Crippen molar-refractivity contribution in [3.8, 4) is 17.1 Å². The molecule has 1 amide bonds. The van der Waals surface area contributed by atoms with Gasteiger partial charge in [-0.25, -0.2) is 0 Å². The second-order valence-corrected chi connectivity index (χ2v) is 7.86. The third-order valence-corrected chi connectivity index (χ3v) is 5.73. The Hall–Kier alpha value is -2.80. The van der Waals surface area contributed by atoms with E-state index in [1.54, 1.807) is 0 Å². The molecule has 29 heavy (non-hydrogen) atoms. The predicted octanol–water partition coefficient (Wildman–Crippen LogP) is 4.35. The van der Waals surface area contributed by atoms with Gasteiger partial charge in [-0.3, -0.25) is 4.79 Å². The van der Waals surface area contributed by atoms with Crippen LogP contribution in [0.5, 0.6) is 5.75 Å². The van der Waals surface area contributed by atoms with Crippen LogP contribution in [0.1, 0.15) is 25.3 Å². The van der Waals surface area contributed by atoms with Crippen molar-refractivity contribution in [2.45, 2.75) is 32.1 Å². The highest BCUT2D eigenvalue weighted by atomic mass is 32.2. The third-order valence-electron chi connectivity index (χ3n) is 4.82. The van der Waals surface area contributed by atoms with Gasteiger partial charge in [0.15, 0.2) is 0 Å². The number of para-hydroxylation sites is 2. The fourth-order valence-electron chi connectivity index (χ4n) is 3.60. The summed E-state index contributed by atoms with van der Waals surface area (Å²) in [5.74, 6) is 2.68. The van der Waals surface area contributed by atoms with Crippen LogP contribution in [0.4, 0.5) is 5.69 Å². The summed E-state index contributed by atoms with van der Waals surface area (Å²) >= 11 is 1.48. The minimum absolute atomic E-state index is 0.105. The molecule has 6 nitrogen and oxygen atoms in total. The first kappa shape index (κ1) is 19.5. The van der Waals surface area contributed by atoms with E-state index in [-0.39, 0.29) is 11.9 Å². The molecule has 4 rings (SSSR count). The minimum atomic E-state index is 0.105. The highest BCUT2D eigenvalue weighted by Crippen LogP contribution is 2.32. The zero-order valence-electron chi connectivity index (χ0n) is 16.5. The number of amides is 1. The summed E-state index contributed by atoms with van der Waals surface area (Å²) in [7, 11) is 0. The molecule has 150 valence electrons. The molecule has 0 aliphatic carbocycles. The Morgan fingerprint density at radius 2 is 2.03 bits per heavy atom. The highest BCUT2D eigenvalue weighted by Gasteiger charge is 2.30. The molecule has 0 N–H and O–H groups in total. The van der Waals surface area contributed by atoms with E-state index in [0.29, 0.717) is 29.8 Å². The van der Waals surface area contributed by atoms with Crippen LogP contribution in [-0.4, -0.2) is 34.4 Å². The Morgan fingerprint density at radius 3 is 2.90 bits per heavy atom. The van der Waals surface area contributed by atoms with Crippen LogP contribution in [0.2, 0.25) is 0 Å². The summed E-state index contributed by atoms with van der Waals surface area (Å²) in [6.07, 6.45) is 0.902. The van der Waals surface area contributed by atoms with E-state index >= 15 is 0 Å². The summed E-state index contributed by atoms with van der Waals surface area (Å²) in [5, 5.41) is 4.07. The van der Waals surface area contributed by atoms with Gasteiger partial charge in [-0.1, -0.05) is 35.5 Å². The van der Waals surface area contributed by atoms with Gasteiger partial charge in [0.05, 0.1) is 23.7 Å². The number of hydrogen-bond acceptors (Lipinski definition) is 6. The second kappa shape index (κ2) is 8.69. The van der Waals surface area contributed by atoms with Gasteiger partial charge in [0, 0.05) is 11.7 Å². The lowest BCUT2D eigenvalue weighted by atomic mass is 10.1. The van der Waals surface area contributed by atoms with Crippen LogP contribution < -0.4 is 9.64 Å². The van der Waals surface area contributed by atoms with Gasteiger partial charge in [0.1, 0.15) is 5.75 Å². The third kappa shape index (κ3) is 4.15. The lowest BCUT2D eigenvalue weighted by molar-refractivity contribution is -0.116. The Kier molecular flexibility index (Phi) is 5.85. The molecule has 0 radical (unpaired) electrons. The van der Waals surface area contributed by atoms with Crippen molar-refractivity contribution in [1.29, 1.82) is 0 Å². The van der Waals surface area contributed by atoms with Crippen LogP contribution in [0.3, 0.4) is 0 Å². The number of aromatic nitrogens is 2. The van der Waals surface area contributed by atoms with Crippen LogP contribution in [0.15, 0.2) is 53.1 Å². The first-order valence-corrected chi connectivity index (χ1v) is 10.8. The van der Waals surface area contributed by atoms with E-state index in [9.17, 15) is 4.79 Å². The Bertz CT molecular complexity index is 1000. The van der Waals surface area contributed by atoms with Gasteiger partial charge in [-0.05, 0) is 44.0 Å². The summed E-state index contributed by atoms with van der Waals surface area (Å²) in [5.41, 5.74) is 3.05. The number of rotatable bonds is 7. The largest absolute Gasteiger partial charge is 0.493 e. The number of nitrogens with zero attached hydrogens (tertiary/aromatic N) is 3. The van der Waals surface area contributed by atoms with E-state index in [1.165, 1.54) is 17.3 Å². The fourth-order valence-corrected chi connectivity index (χ4v) is 4.30. The Labute approximate surface area is 174 Å². The van der Waals surface area contributed by atoms with Crippen molar-refractivity contribution in [2.24, 2.45) is 0 Å². The second-order valence-electron chi connectivity index (χ2n) is 6.88. The average molecular weight is 410 g/mol. The predicted molar refractivity (Wildman–Crippen MR) is 114 cm³/mol. The van der Waals surface area contributed by atoms with Crippen molar-refractivity contribution in [1.82, 2.24) is 10.1 Å². The van der Waals surface area contributed by atoms with Crippen molar-refractivity contribution in [2.75, 3.05) is 17.3 Å². The van der Waals surface area contributed by atoms with Gasteiger partial charge < -0.3 is 14.2 Å². The van der Waals surface area contributed by atoms with Crippen LogP contribution in [0, 0.1) is 0 Å². The molecule has 7 heteroatoms. The van der Waals surface area contributed by atoms with Crippen molar-refractivity contribution < 1.29 is 14.1 Å². The summed E-state index contributed by atoms with van der Waals surface area (Å²) < 4.78 is 11.0. The molecule has 1 aliphatic rings. The maximum Gasteiger partial charge on any atom is 0.237 e. The fraction of sp³-hybridized carbons (Fsp3) is 0.318. The SMILES string of the molecule is CCOc1ccccc1-c1noc(CSCC(=O)N2c3ccccc3CC2C)n1. The van der Waals surface area contributed by atoms with E-state index < -0.39 is 0 Å². The number of fused-ring (bicyclic) bond motifs is 1. The number of thioether (sulfide) groups is 1. The molecule has 1 aromatic heterocycles. The molecule has 0 spiro atoms. The zero-order valence-corrected chi connectivity index (χ0v) is 17.3. The van der Waals surface area contributed by atoms with E-state index in [2.05, 4.69) is 23.1 Å². The highest BCUT2D eigenvalue weighted by molar-refractivity contribution is 7.99. The van der Waals surface area contributed by atoms with Gasteiger partial charge in [-0.15, -0.1) is 11.8 Å². The van der Waals surface area contributed by atoms with Gasteiger partial charge in [0.2, 0.25) is 17.6 Å². The van der Waals surface area contributed by atoms with E-state index in [0.717, 1.165) is 23.4 Å². The van der Waals surface area contributed by atoms with Gasteiger partial charge in [-0.2, -0.15) is 4.98 Å². The zero-order chi connectivity index (χ0) is 20.2. The van der Waals surface area contributed by atoms with E-state index in [1.807, 2.05) is 54.3 Å². The average Bonchev–Trinajstić information content (AvgIpc) is 3.32. The number of carbonyl (C=O) groups excluding carboxylic acids is 1. The minimum Gasteiger partial charge on any atom is -0.493 e. The number of ether oxygens (including phenoxy) is 1. The Morgan fingerprint density at radius 1 is 1.24 bits per heavy atom. The molecule has 2 aromatic carbocycles. The number of benzene rings is 2. The lowest BCUT2D eigenvalue weighted by Crippen LogP contribution is -2.37. The van der Waals surface area contributed by atoms with Crippen molar-refractivity contribution in [3.05, 3.63) is 60.0 Å². The van der Waals surface area contributed by atoms with E-state index in [4.69, 9.17) is 9.26 Å². The van der Waals surface area contributed by atoms with Crippen LogP contribution in [0.25, 0.3) is 11.4 Å². The summed E-state index contributed by atoms with van der Waals surface area (Å²) in [4.78, 5) is 19.1. The summed E-state index contributed by atoms with van der Waals surface area (Å²) in [6.45, 7) is 4.59. The lowest BCUT2D eigenvalue weighted by Gasteiger charge is -2.22. The molecule has 0 bridgehead atoms. The number of hydrogen-bond donors (Lipinski definition) is 0. The molecule has 2 heterocycles. The topological polar surface area (TPSA) is 68.5 Å². The van der Waals surface area contributed by atoms with Crippen LogP contribution in [-0.2, 0) is 17.0 Å². The standard InChI is InChI=1S/C22H23N3O3S/c1-3-27-19-11-7-5-9-17(19)22-23-20(28-24-22)13-29-14-21(26)25-15(2)12-16-8-4-6-10-18(16)25/h4-11,15H,3,12-14H2,1-2H3. The number of anilines is 1. The molecule has 3 aromatic rings. The van der Waals surface area contributed by atoms with Crippen molar-refractivity contribution >= 4 is 23.4 Å². The number of carbonyl (C=O) groups is 1. The normalized spacial score (nSPS) is 15.4. The van der Waals surface area contributed by atoms with Crippen molar-refractivity contribution in [3.63, 3.8) is 0 Å². The molecule has 1 atom stereocenters. The molecule has 0 saturated heterocycles. The van der Waals surface area contributed by atoms with Crippen LogP contribution >= 0.6 is 11.8 Å². The quantitative estimate of drug-likeness (QED) is 0.578. The molecule has 1 aliphatic heterocycles. The molecule has 1 unspecified atom stereocenters. The maximum atomic E-state index is 12.8. The molecule has 0 fully saturated rings.